The number of benzene rings is 1. The lowest BCUT2D eigenvalue weighted by Crippen LogP contribution is -2.48. The third-order valence-electron chi connectivity index (χ3n) is 6.33. The van der Waals surface area contributed by atoms with Gasteiger partial charge in [0.15, 0.2) is 0 Å². The van der Waals surface area contributed by atoms with E-state index in [9.17, 15) is 9.59 Å². The minimum atomic E-state index is -0.129. The molecule has 1 heterocycles. The van der Waals surface area contributed by atoms with Crippen molar-refractivity contribution in [3.63, 3.8) is 0 Å². The molecule has 0 saturated heterocycles. The van der Waals surface area contributed by atoms with Gasteiger partial charge in [-0.25, -0.2) is 0 Å². The van der Waals surface area contributed by atoms with Crippen LogP contribution in [0.15, 0.2) is 47.4 Å². The van der Waals surface area contributed by atoms with Crippen molar-refractivity contribution in [2.45, 2.75) is 44.7 Å². The summed E-state index contributed by atoms with van der Waals surface area (Å²) >= 11 is 6.22. The first-order valence-electron chi connectivity index (χ1n) is 10.0. The van der Waals surface area contributed by atoms with Crippen LogP contribution in [-0.4, -0.2) is 16.5 Å². The summed E-state index contributed by atoms with van der Waals surface area (Å²) in [5.74, 6) is 0.945. The van der Waals surface area contributed by atoms with Crippen molar-refractivity contribution in [2.24, 2.45) is 23.5 Å². The molecule has 1 amide bonds. The number of hydrogen-bond donors (Lipinski definition) is 2. The Kier molecular flexibility index (Phi) is 7.04. The van der Waals surface area contributed by atoms with E-state index in [2.05, 4.69) is 5.32 Å². The fraction of sp³-hybridized carbons (Fsp3) is 0.455. The average molecular weight is 436 g/mol. The summed E-state index contributed by atoms with van der Waals surface area (Å²) in [5, 5.41) is 3.63. The van der Waals surface area contributed by atoms with Gasteiger partial charge < -0.3 is 15.6 Å². The Hall–Kier alpha value is -1.82. The van der Waals surface area contributed by atoms with E-state index < -0.39 is 0 Å². The highest BCUT2D eigenvalue weighted by molar-refractivity contribution is 6.31. The summed E-state index contributed by atoms with van der Waals surface area (Å²) < 4.78 is 1.57. The zero-order chi connectivity index (χ0) is 19.7. The summed E-state index contributed by atoms with van der Waals surface area (Å²) in [6.07, 6.45) is 6.91. The fourth-order valence-electron chi connectivity index (χ4n) is 4.79. The minimum absolute atomic E-state index is 0. The molecule has 2 aromatic rings. The van der Waals surface area contributed by atoms with Crippen LogP contribution in [0.3, 0.4) is 0 Å². The lowest BCUT2D eigenvalue weighted by atomic mass is 9.65. The first kappa shape index (κ1) is 21.9. The van der Waals surface area contributed by atoms with E-state index in [1.807, 2.05) is 18.2 Å². The van der Waals surface area contributed by atoms with E-state index >= 15 is 0 Å². The van der Waals surface area contributed by atoms with Gasteiger partial charge in [-0.3, -0.25) is 9.59 Å². The minimum Gasteiger partial charge on any atom is -0.327 e. The highest BCUT2D eigenvalue weighted by Gasteiger charge is 2.40. The number of rotatable bonds is 4. The van der Waals surface area contributed by atoms with Crippen molar-refractivity contribution in [1.82, 2.24) is 4.57 Å². The monoisotopic (exact) mass is 435 g/mol. The molecule has 1 aromatic carbocycles. The SMILES string of the molecule is Cl.NC1C2CCCC1CC(C(=O)Nc1ccc(=O)n(Cc3ccccc3Cl)c1)C2. The van der Waals surface area contributed by atoms with E-state index in [4.69, 9.17) is 17.3 Å². The van der Waals surface area contributed by atoms with E-state index in [0.29, 0.717) is 29.1 Å². The average Bonchev–Trinajstić information content (AvgIpc) is 2.66. The van der Waals surface area contributed by atoms with Crippen LogP contribution in [0.4, 0.5) is 5.69 Å². The van der Waals surface area contributed by atoms with Gasteiger partial charge in [0.05, 0.1) is 12.2 Å². The van der Waals surface area contributed by atoms with Crippen molar-refractivity contribution < 1.29 is 4.79 Å². The Morgan fingerprint density at radius 1 is 1.14 bits per heavy atom. The van der Waals surface area contributed by atoms with Crippen molar-refractivity contribution in [3.8, 4) is 0 Å². The Labute approximate surface area is 182 Å². The second-order valence-electron chi connectivity index (χ2n) is 8.16. The number of carbonyl (C=O) groups excluding carboxylic acids is 1. The van der Waals surface area contributed by atoms with Crippen LogP contribution in [-0.2, 0) is 11.3 Å². The molecule has 2 aliphatic carbocycles. The van der Waals surface area contributed by atoms with E-state index in [1.54, 1.807) is 22.9 Å². The molecule has 2 aliphatic rings. The van der Waals surface area contributed by atoms with Gasteiger partial charge in [-0.15, -0.1) is 12.4 Å². The number of fused-ring (bicyclic) bond motifs is 2. The van der Waals surface area contributed by atoms with Crippen LogP contribution in [0.1, 0.15) is 37.7 Å². The number of anilines is 1. The predicted octanol–water partition coefficient (Wildman–Crippen LogP) is 4.06. The maximum atomic E-state index is 12.9. The Morgan fingerprint density at radius 3 is 2.52 bits per heavy atom. The summed E-state index contributed by atoms with van der Waals surface area (Å²) in [4.78, 5) is 25.1. The van der Waals surface area contributed by atoms with E-state index in [0.717, 1.165) is 31.2 Å². The fourth-order valence-corrected chi connectivity index (χ4v) is 4.98. The maximum Gasteiger partial charge on any atom is 0.250 e. The number of nitrogens with one attached hydrogen (secondary N) is 1. The molecule has 29 heavy (non-hydrogen) atoms. The maximum absolute atomic E-state index is 12.9. The lowest BCUT2D eigenvalue weighted by molar-refractivity contribution is -0.122. The van der Waals surface area contributed by atoms with Crippen LogP contribution in [0.5, 0.6) is 0 Å². The normalized spacial score (nSPS) is 25.7. The summed E-state index contributed by atoms with van der Waals surface area (Å²) in [7, 11) is 0. The molecule has 4 rings (SSSR count). The van der Waals surface area contributed by atoms with Crippen LogP contribution >= 0.6 is 24.0 Å². The molecule has 2 atom stereocenters. The summed E-state index contributed by atoms with van der Waals surface area (Å²) in [6.45, 7) is 0.366. The number of hydrogen-bond acceptors (Lipinski definition) is 3. The first-order valence-corrected chi connectivity index (χ1v) is 10.4. The van der Waals surface area contributed by atoms with Crippen molar-refractivity contribution in [1.29, 1.82) is 0 Å². The number of nitrogens with two attached hydrogens (primary N) is 1. The van der Waals surface area contributed by atoms with Crippen molar-refractivity contribution in [3.05, 3.63) is 63.5 Å². The molecule has 1 aromatic heterocycles. The highest BCUT2D eigenvalue weighted by atomic mass is 35.5. The largest absolute Gasteiger partial charge is 0.327 e. The number of pyridine rings is 1. The third kappa shape index (κ3) is 4.85. The molecule has 2 unspecified atom stereocenters. The molecule has 156 valence electrons. The standard InChI is InChI=1S/C22H26ClN3O2.ClH/c23-19-7-2-1-4-16(19)12-26-13-18(8-9-20(26)27)25-22(28)17-10-14-5-3-6-15(11-17)21(14)24;/h1-2,4,7-9,13-15,17,21H,3,5-6,10-12,24H2,(H,25,28);1H. The number of aromatic nitrogens is 1. The van der Waals surface area contributed by atoms with E-state index in [-0.39, 0.29) is 35.8 Å². The molecule has 0 spiro atoms. The van der Waals surface area contributed by atoms with Crippen LogP contribution in [0.25, 0.3) is 0 Å². The van der Waals surface area contributed by atoms with Crippen molar-refractivity contribution in [2.75, 3.05) is 5.32 Å². The number of halogens is 2. The van der Waals surface area contributed by atoms with Gasteiger partial charge >= 0.3 is 0 Å². The van der Waals surface area contributed by atoms with Crippen molar-refractivity contribution >= 4 is 35.6 Å². The molecule has 0 aliphatic heterocycles. The molecule has 2 fully saturated rings. The molecule has 3 N–H and O–H groups in total. The molecule has 2 bridgehead atoms. The Balaban J connectivity index is 0.00000240. The second kappa shape index (κ2) is 9.33. The second-order valence-corrected chi connectivity index (χ2v) is 8.57. The van der Waals surface area contributed by atoms with Crippen LogP contribution in [0, 0.1) is 17.8 Å². The predicted molar refractivity (Wildman–Crippen MR) is 119 cm³/mol. The quantitative estimate of drug-likeness (QED) is 0.759. The lowest BCUT2D eigenvalue weighted by Gasteiger charge is -2.43. The van der Waals surface area contributed by atoms with Gasteiger partial charge in [-0.05, 0) is 55.2 Å². The molecule has 2 saturated carbocycles. The number of amides is 1. The van der Waals surface area contributed by atoms with Gasteiger partial charge in [0.2, 0.25) is 5.91 Å². The molecule has 7 heteroatoms. The van der Waals surface area contributed by atoms with Gasteiger partial charge in [0.25, 0.3) is 5.56 Å². The summed E-state index contributed by atoms with van der Waals surface area (Å²) in [5.41, 5.74) is 7.71. The summed E-state index contributed by atoms with van der Waals surface area (Å²) in [6, 6.07) is 10.8. The molecular weight excluding hydrogens is 409 g/mol. The van der Waals surface area contributed by atoms with Gasteiger partial charge in [-0.1, -0.05) is 36.2 Å². The van der Waals surface area contributed by atoms with E-state index in [1.165, 1.54) is 12.5 Å². The smallest absolute Gasteiger partial charge is 0.250 e. The molecule has 0 radical (unpaired) electrons. The van der Waals surface area contributed by atoms with Gasteiger partial charge in [0.1, 0.15) is 0 Å². The molecular formula is C22H27Cl2N3O2. The Bertz CT molecular complexity index is 916. The zero-order valence-corrected chi connectivity index (χ0v) is 17.8. The zero-order valence-electron chi connectivity index (χ0n) is 16.2. The number of nitrogens with zero attached hydrogens (tertiary/aromatic N) is 1. The number of carbonyl (C=O) groups is 1. The Morgan fingerprint density at radius 2 is 1.83 bits per heavy atom. The third-order valence-corrected chi connectivity index (χ3v) is 6.70. The first-order chi connectivity index (χ1) is 13.5. The van der Waals surface area contributed by atoms with Gasteiger partial charge in [-0.2, -0.15) is 0 Å². The topological polar surface area (TPSA) is 77.1 Å². The van der Waals surface area contributed by atoms with Crippen LogP contribution < -0.4 is 16.6 Å². The highest BCUT2D eigenvalue weighted by Crippen LogP contribution is 2.42. The van der Waals surface area contributed by atoms with Crippen LogP contribution in [0.2, 0.25) is 5.02 Å². The van der Waals surface area contributed by atoms with Gasteiger partial charge in [0, 0.05) is 29.2 Å². The molecule has 5 nitrogen and oxygen atoms in total.